The van der Waals surface area contributed by atoms with Crippen LogP contribution in [-0.4, -0.2) is 18.5 Å². The van der Waals surface area contributed by atoms with Crippen molar-refractivity contribution in [2.24, 2.45) is 5.92 Å². The molecular weight excluding hydrogens is 402 g/mol. The van der Waals surface area contributed by atoms with E-state index in [4.69, 9.17) is 9.15 Å². The summed E-state index contributed by atoms with van der Waals surface area (Å²) in [4.78, 5) is 39.0. The van der Waals surface area contributed by atoms with Gasteiger partial charge in [0, 0.05) is 4.88 Å². The number of esters is 1. The summed E-state index contributed by atoms with van der Waals surface area (Å²) in [7, 11) is 0. The highest BCUT2D eigenvalue weighted by atomic mass is 32.1. The van der Waals surface area contributed by atoms with Crippen molar-refractivity contribution in [1.82, 2.24) is 0 Å². The predicted molar refractivity (Wildman–Crippen MR) is 117 cm³/mol. The van der Waals surface area contributed by atoms with Crippen LogP contribution in [-0.2, 0) is 17.6 Å². The Hall–Kier alpha value is -2.93. The van der Waals surface area contributed by atoms with Crippen molar-refractivity contribution in [3.8, 4) is 0 Å². The van der Waals surface area contributed by atoms with E-state index >= 15 is 0 Å². The highest BCUT2D eigenvalue weighted by molar-refractivity contribution is 7.17. The average Bonchev–Trinajstić information content (AvgIpc) is 3.08. The van der Waals surface area contributed by atoms with Crippen molar-refractivity contribution in [1.29, 1.82) is 0 Å². The summed E-state index contributed by atoms with van der Waals surface area (Å²) >= 11 is 1.41. The quantitative estimate of drug-likeness (QED) is 0.594. The summed E-state index contributed by atoms with van der Waals surface area (Å²) in [5.74, 6) is -0.544. The summed E-state index contributed by atoms with van der Waals surface area (Å²) in [6.45, 7) is 4.44. The first-order valence-corrected chi connectivity index (χ1v) is 11.0. The van der Waals surface area contributed by atoms with Gasteiger partial charge in [-0.25, -0.2) is 9.59 Å². The molecule has 0 radical (unpaired) electrons. The number of ether oxygens (including phenoxy) is 1. The van der Waals surface area contributed by atoms with Gasteiger partial charge >= 0.3 is 11.6 Å². The molecule has 0 saturated carbocycles. The van der Waals surface area contributed by atoms with Crippen molar-refractivity contribution in [3.63, 3.8) is 0 Å². The van der Waals surface area contributed by atoms with Gasteiger partial charge in [0.15, 0.2) is 5.76 Å². The molecule has 156 valence electrons. The standard InChI is InChI=1S/C23H23NO5S/c1-3-10-28-23(27)19-16-9-8-13(2)11-18(16)30-21(19)24-20(25)17-12-14-6-4-5-7-15(14)22(26)29-17/h4-7,12-13H,3,8-11H2,1-2H3,(H,24,25)/t13-/m0/s1. The Labute approximate surface area is 177 Å². The SMILES string of the molecule is CCCOC(=O)c1c(NC(=O)c2cc3ccccc3c(=O)o2)sc2c1CC[C@H](C)C2. The maximum absolute atomic E-state index is 12.9. The van der Waals surface area contributed by atoms with E-state index in [0.717, 1.165) is 36.1 Å². The molecule has 1 aliphatic carbocycles. The molecule has 7 heteroatoms. The molecule has 0 saturated heterocycles. The minimum atomic E-state index is -0.569. The number of hydrogen-bond donors (Lipinski definition) is 1. The Morgan fingerprint density at radius 2 is 2.10 bits per heavy atom. The molecule has 2 aromatic heterocycles. The monoisotopic (exact) mass is 425 g/mol. The molecule has 1 amide bonds. The van der Waals surface area contributed by atoms with E-state index in [1.165, 1.54) is 17.4 Å². The smallest absolute Gasteiger partial charge is 0.344 e. The van der Waals surface area contributed by atoms with Crippen LogP contribution >= 0.6 is 11.3 Å². The van der Waals surface area contributed by atoms with Crippen LogP contribution in [0.2, 0.25) is 0 Å². The summed E-state index contributed by atoms with van der Waals surface area (Å²) in [6, 6.07) is 8.47. The zero-order valence-electron chi connectivity index (χ0n) is 16.9. The zero-order valence-corrected chi connectivity index (χ0v) is 17.8. The number of hydrogen-bond acceptors (Lipinski definition) is 6. The van der Waals surface area contributed by atoms with E-state index in [9.17, 15) is 14.4 Å². The molecule has 1 aromatic carbocycles. The Kier molecular flexibility index (Phi) is 5.72. The Balaban J connectivity index is 1.69. The topological polar surface area (TPSA) is 85.6 Å². The molecule has 1 N–H and O–H groups in total. The van der Waals surface area contributed by atoms with Crippen molar-refractivity contribution in [2.45, 2.75) is 39.5 Å². The highest BCUT2D eigenvalue weighted by Crippen LogP contribution is 2.40. The molecule has 4 rings (SSSR count). The van der Waals surface area contributed by atoms with E-state index in [0.29, 0.717) is 33.9 Å². The molecule has 0 spiro atoms. The third kappa shape index (κ3) is 3.89. The van der Waals surface area contributed by atoms with Crippen LogP contribution in [0.4, 0.5) is 5.00 Å². The summed E-state index contributed by atoms with van der Waals surface area (Å²) in [5.41, 5.74) is 0.835. The van der Waals surface area contributed by atoms with Gasteiger partial charge in [-0.3, -0.25) is 4.79 Å². The Bertz CT molecular complexity index is 1180. The third-order valence-corrected chi connectivity index (χ3v) is 6.44. The maximum atomic E-state index is 12.9. The van der Waals surface area contributed by atoms with Gasteiger partial charge in [-0.05, 0) is 54.7 Å². The minimum absolute atomic E-state index is 0.0914. The normalized spacial score (nSPS) is 15.6. The predicted octanol–water partition coefficient (Wildman–Crippen LogP) is 4.80. The fourth-order valence-electron chi connectivity index (χ4n) is 3.73. The number of amides is 1. The average molecular weight is 426 g/mol. The fourth-order valence-corrected chi connectivity index (χ4v) is 5.13. The second-order valence-corrected chi connectivity index (χ2v) is 8.74. The lowest BCUT2D eigenvalue weighted by atomic mass is 9.88. The van der Waals surface area contributed by atoms with Gasteiger partial charge in [0.05, 0.1) is 17.6 Å². The van der Waals surface area contributed by atoms with Crippen LogP contribution in [0.3, 0.4) is 0 Å². The summed E-state index contributed by atoms with van der Waals surface area (Å²) < 4.78 is 10.6. The molecule has 30 heavy (non-hydrogen) atoms. The lowest BCUT2D eigenvalue weighted by molar-refractivity contribution is 0.0505. The van der Waals surface area contributed by atoms with Crippen LogP contribution in [0.5, 0.6) is 0 Å². The van der Waals surface area contributed by atoms with Crippen molar-refractivity contribution < 1.29 is 18.7 Å². The Morgan fingerprint density at radius 1 is 1.30 bits per heavy atom. The van der Waals surface area contributed by atoms with E-state index in [-0.39, 0.29) is 5.76 Å². The summed E-state index contributed by atoms with van der Waals surface area (Å²) in [6.07, 6.45) is 3.36. The number of anilines is 1. The molecule has 1 aliphatic rings. The second-order valence-electron chi connectivity index (χ2n) is 7.63. The molecule has 0 unspecified atom stereocenters. The lowest BCUT2D eigenvalue weighted by Gasteiger charge is -2.18. The van der Waals surface area contributed by atoms with Gasteiger partial charge < -0.3 is 14.5 Å². The number of thiophene rings is 1. The van der Waals surface area contributed by atoms with E-state index in [2.05, 4.69) is 12.2 Å². The number of carbonyl (C=O) groups excluding carboxylic acids is 2. The first-order chi connectivity index (χ1) is 14.5. The number of carbonyl (C=O) groups is 2. The van der Waals surface area contributed by atoms with E-state index < -0.39 is 17.5 Å². The van der Waals surface area contributed by atoms with Crippen molar-refractivity contribution in [3.05, 3.63) is 62.5 Å². The third-order valence-electron chi connectivity index (χ3n) is 5.27. The highest BCUT2D eigenvalue weighted by Gasteiger charge is 2.29. The van der Waals surface area contributed by atoms with Crippen LogP contribution < -0.4 is 10.9 Å². The number of benzene rings is 1. The van der Waals surface area contributed by atoms with Gasteiger partial charge in [-0.15, -0.1) is 11.3 Å². The second kappa shape index (κ2) is 8.44. The van der Waals surface area contributed by atoms with Crippen LogP contribution in [0, 0.1) is 5.92 Å². The first kappa shape index (κ1) is 20.3. The largest absolute Gasteiger partial charge is 0.462 e. The molecule has 1 atom stereocenters. The minimum Gasteiger partial charge on any atom is -0.462 e. The van der Waals surface area contributed by atoms with Crippen LogP contribution in [0.15, 0.2) is 39.5 Å². The van der Waals surface area contributed by atoms with Gasteiger partial charge in [-0.2, -0.15) is 0 Å². The molecule has 2 heterocycles. The number of nitrogens with one attached hydrogen (secondary N) is 1. The fraction of sp³-hybridized carbons (Fsp3) is 0.348. The molecule has 6 nitrogen and oxygen atoms in total. The zero-order chi connectivity index (χ0) is 21.3. The maximum Gasteiger partial charge on any atom is 0.344 e. The summed E-state index contributed by atoms with van der Waals surface area (Å²) in [5, 5.41) is 4.29. The van der Waals surface area contributed by atoms with Crippen molar-refractivity contribution >= 4 is 39.0 Å². The van der Waals surface area contributed by atoms with Crippen LogP contribution in [0.1, 0.15) is 58.0 Å². The van der Waals surface area contributed by atoms with Gasteiger partial charge in [0.1, 0.15) is 5.00 Å². The Morgan fingerprint density at radius 3 is 2.90 bits per heavy atom. The number of fused-ring (bicyclic) bond motifs is 2. The molecule has 0 aliphatic heterocycles. The van der Waals surface area contributed by atoms with Gasteiger partial charge in [0.25, 0.3) is 5.91 Å². The van der Waals surface area contributed by atoms with E-state index in [1.54, 1.807) is 24.3 Å². The van der Waals surface area contributed by atoms with Gasteiger partial charge in [-0.1, -0.05) is 32.0 Å². The first-order valence-electron chi connectivity index (χ1n) is 10.1. The number of rotatable bonds is 5. The molecule has 0 fully saturated rings. The molecule has 3 aromatic rings. The molecular formula is C23H23NO5S. The lowest BCUT2D eigenvalue weighted by Crippen LogP contribution is -2.18. The van der Waals surface area contributed by atoms with E-state index in [1.807, 2.05) is 6.92 Å². The van der Waals surface area contributed by atoms with Gasteiger partial charge in [0.2, 0.25) is 0 Å². The van der Waals surface area contributed by atoms with Crippen LogP contribution in [0.25, 0.3) is 10.8 Å². The molecule has 0 bridgehead atoms. The van der Waals surface area contributed by atoms with Crippen molar-refractivity contribution in [2.75, 3.05) is 11.9 Å².